The zero-order chi connectivity index (χ0) is 16.8. The van der Waals surface area contributed by atoms with Gasteiger partial charge in [-0.05, 0) is 38.2 Å². The molecule has 7 nitrogen and oxygen atoms in total. The van der Waals surface area contributed by atoms with E-state index in [0.717, 1.165) is 0 Å². The van der Waals surface area contributed by atoms with E-state index in [2.05, 4.69) is 15.8 Å². The summed E-state index contributed by atoms with van der Waals surface area (Å²) in [6, 6.07) is 9.91. The lowest BCUT2D eigenvalue weighted by molar-refractivity contribution is -0.384. The number of furan rings is 1. The Morgan fingerprint density at radius 3 is 2.87 bits per heavy atom. The van der Waals surface area contributed by atoms with E-state index in [4.69, 9.17) is 16.6 Å². The molecule has 0 bridgehead atoms. The molecule has 8 heteroatoms. The maximum atomic E-state index is 10.8. The van der Waals surface area contributed by atoms with Gasteiger partial charge in [-0.1, -0.05) is 12.1 Å². The minimum Gasteiger partial charge on any atom is -0.455 e. The van der Waals surface area contributed by atoms with Crippen LogP contribution in [0.1, 0.15) is 19.6 Å². The van der Waals surface area contributed by atoms with Crippen molar-refractivity contribution in [3.05, 3.63) is 52.3 Å². The highest BCUT2D eigenvalue weighted by molar-refractivity contribution is 7.80. The second-order valence-electron chi connectivity index (χ2n) is 5.01. The summed E-state index contributed by atoms with van der Waals surface area (Å²) in [7, 11) is 0. The molecule has 2 aromatic rings. The molecule has 0 saturated heterocycles. The van der Waals surface area contributed by atoms with Crippen LogP contribution < -0.4 is 10.7 Å². The lowest BCUT2D eigenvalue weighted by Gasteiger charge is -2.08. The number of thiocarbonyl (C=S) groups is 1. The molecule has 0 fully saturated rings. The molecular weight excluding hydrogens is 316 g/mol. The average molecular weight is 332 g/mol. The van der Waals surface area contributed by atoms with Crippen molar-refractivity contribution >= 4 is 29.2 Å². The minimum absolute atomic E-state index is 0.0147. The van der Waals surface area contributed by atoms with Crippen LogP contribution >= 0.6 is 12.2 Å². The summed E-state index contributed by atoms with van der Waals surface area (Å²) >= 11 is 5.04. The molecule has 1 aromatic carbocycles. The molecule has 120 valence electrons. The van der Waals surface area contributed by atoms with Crippen LogP contribution in [0.3, 0.4) is 0 Å². The first-order chi connectivity index (χ1) is 11.0. The molecule has 0 spiro atoms. The quantitative estimate of drug-likeness (QED) is 0.378. The minimum atomic E-state index is -0.443. The van der Waals surface area contributed by atoms with Crippen LogP contribution in [0.2, 0.25) is 0 Å². The average Bonchev–Trinajstić information content (AvgIpc) is 2.95. The highest BCUT2D eigenvalue weighted by Gasteiger charge is 2.09. The van der Waals surface area contributed by atoms with Crippen molar-refractivity contribution in [2.75, 3.05) is 0 Å². The lowest BCUT2D eigenvalue weighted by atomic mass is 10.1. The fraction of sp³-hybridized carbons (Fsp3) is 0.200. The third-order valence-corrected chi connectivity index (χ3v) is 2.96. The van der Waals surface area contributed by atoms with Crippen LogP contribution in [-0.2, 0) is 0 Å². The summed E-state index contributed by atoms with van der Waals surface area (Å²) in [4.78, 5) is 10.4. The van der Waals surface area contributed by atoms with Gasteiger partial charge in [-0.3, -0.25) is 15.5 Å². The van der Waals surface area contributed by atoms with Gasteiger partial charge in [0.2, 0.25) is 0 Å². The Balaban J connectivity index is 2.05. The van der Waals surface area contributed by atoms with Crippen molar-refractivity contribution < 1.29 is 9.34 Å². The molecule has 0 saturated carbocycles. The van der Waals surface area contributed by atoms with Crippen molar-refractivity contribution in [2.45, 2.75) is 19.9 Å². The predicted molar refractivity (Wildman–Crippen MR) is 92.4 cm³/mol. The largest absolute Gasteiger partial charge is 0.455 e. The van der Waals surface area contributed by atoms with Gasteiger partial charge in [0.1, 0.15) is 11.5 Å². The molecule has 23 heavy (non-hydrogen) atoms. The number of nitro benzene ring substituents is 1. The highest BCUT2D eigenvalue weighted by Crippen LogP contribution is 2.25. The van der Waals surface area contributed by atoms with Gasteiger partial charge in [0.25, 0.3) is 5.69 Å². The molecule has 2 rings (SSSR count). The number of nitrogens with one attached hydrogen (secondary N) is 2. The van der Waals surface area contributed by atoms with Gasteiger partial charge < -0.3 is 9.73 Å². The van der Waals surface area contributed by atoms with Gasteiger partial charge in [-0.2, -0.15) is 5.10 Å². The fourth-order valence-corrected chi connectivity index (χ4v) is 2.09. The Kier molecular flexibility index (Phi) is 5.42. The van der Waals surface area contributed by atoms with Crippen molar-refractivity contribution in [2.24, 2.45) is 5.10 Å². The van der Waals surface area contributed by atoms with Gasteiger partial charge in [-0.15, -0.1) is 0 Å². The van der Waals surface area contributed by atoms with Crippen LogP contribution in [0.4, 0.5) is 5.69 Å². The second kappa shape index (κ2) is 7.50. The molecule has 0 atom stereocenters. The van der Waals surface area contributed by atoms with Gasteiger partial charge >= 0.3 is 0 Å². The Bertz CT molecular complexity index is 740. The van der Waals surface area contributed by atoms with Crippen molar-refractivity contribution in [1.82, 2.24) is 10.7 Å². The number of nitro groups is 1. The number of non-ortho nitro benzene ring substituents is 1. The molecule has 0 radical (unpaired) electrons. The molecule has 1 heterocycles. The number of hydrogen-bond acceptors (Lipinski definition) is 5. The number of nitrogens with zero attached hydrogens (tertiary/aromatic N) is 2. The van der Waals surface area contributed by atoms with E-state index in [0.29, 0.717) is 22.2 Å². The molecular formula is C15H16N4O3S. The van der Waals surface area contributed by atoms with E-state index in [1.165, 1.54) is 18.3 Å². The molecule has 0 aliphatic rings. The SMILES string of the molecule is CC(C)NC(=S)N/N=C\c1ccc(-c2cccc([N+](=O)[O-])c2)o1. The fourth-order valence-electron chi connectivity index (χ4n) is 1.80. The summed E-state index contributed by atoms with van der Waals surface area (Å²) in [5.41, 5.74) is 3.32. The third kappa shape index (κ3) is 4.89. The van der Waals surface area contributed by atoms with E-state index in [9.17, 15) is 10.1 Å². The smallest absolute Gasteiger partial charge is 0.270 e. The van der Waals surface area contributed by atoms with Gasteiger partial charge in [0.05, 0.1) is 11.1 Å². The van der Waals surface area contributed by atoms with Gasteiger partial charge in [0.15, 0.2) is 5.11 Å². The van der Waals surface area contributed by atoms with Crippen molar-refractivity contribution in [1.29, 1.82) is 0 Å². The molecule has 2 N–H and O–H groups in total. The van der Waals surface area contributed by atoms with Gasteiger partial charge in [-0.25, -0.2) is 0 Å². The van der Waals surface area contributed by atoms with E-state index in [1.807, 2.05) is 13.8 Å². The van der Waals surface area contributed by atoms with E-state index in [-0.39, 0.29) is 11.7 Å². The van der Waals surface area contributed by atoms with Crippen LogP contribution in [0.5, 0.6) is 0 Å². The van der Waals surface area contributed by atoms with Crippen LogP contribution in [0, 0.1) is 10.1 Å². The first-order valence-electron chi connectivity index (χ1n) is 6.90. The lowest BCUT2D eigenvalue weighted by Crippen LogP contribution is -2.36. The number of rotatable bonds is 5. The molecule has 1 aromatic heterocycles. The zero-order valence-electron chi connectivity index (χ0n) is 12.6. The van der Waals surface area contributed by atoms with E-state index in [1.54, 1.807) is 24.3 Å². The number of benzene rings is 1. The Morgan fingerprint density at radius 2 is 2.17 bits per heavy atom. The van der Waals surface area contributed by atoms with Crippen LogP contribution in [0.15, 0.2) is 45.9 Å². The zero-order valence-corrected chi connectivity index (χ0v) is 13.5. The Labute approximate surface area is 138 Å². The molecule has 0 amide bonds. The van der Waals surface area contributed by atoms with Crippen molar-refractivity contribution in [3.8, 4) is 11.3 Å². The highest BCUT2D eigenvalue weighted by atomic mass is 32.1. The first kappa shape index (κ1) is 16.6. The summed E-state index contributed by atoms with van der Waals surface area (Å²) in [6.45, 7) is 3.94. The maximum absolute atomic E-state index is 10.8. The third-order valence-electron chi connectivity index (χ3n) is 2.75. The van der Waals surface area contributed by atoms with Gasteiger partial charge in [0, 0.05) is 23.7 Å². The van der Waals surface area contributed by atoms with Crippen molar-refractivity contribution in [3.63, 3.8) is 0 Å². The van der Waals surface area contributed by atoms with E-state index >= 15 is 0 Å². The molecule has 0 unspecified atom stereocenters. The summed E-state index contributed by atoms with van der Waals surface area (Å²) < 4.78 is 5.59. The molecule has 0 aliphatic carbocycles. The second-order valence-corrected chi connectivity index (χ2v) is 5.42. The Morgan fingerprint density at radius 1 is 1.39 bits per heavy atom. The Hall–Kier alpha value is -2.74. The maximum Gasteiger partial charge on any atom is 0.270 e. The van der Waals surface area contributed by atoms with Crippen LogP contribution in [0.25, 0.3) is 11.3 Å². The topological polar surface area (TPSA) is 92.7 Å². The molecule has 0 aliphatic heterocycles. The monoisotopic (exact) mass is 332 g/mol. The van der Waals surface area contributed by atoms with E-state index < -0.39 is 4.92 Å². The summed E-state index contributed by atoms with van der Waals surface area (Å²) in [6.07, 6.45) is 1.48. The standard InChI is InChI=1S/C15H16N4O3S/c1-10(2)17-15(23)18-16-9-13-6-7-14(22-13)11-4-3-5-12(8-11)19(20)21/h3-10H,1-2H3,(H2,17,18,23)/b16-9-. The normalized spacial score (nSPS) is 10.9. The van der Waals surface area contributed by atoms with Crippen LogP contribution in [-0.4, -0.2) is 22.3 Å². The summed E-state index contributed by atoms with van der Waals surface area (Å²) in [5, 5.41) is 18.2. The summed E-state index contributed by atoms with van der Waals surface area (Å²) in [5.74, 6) is 1.03. The predicted octanol–water partition coefficient (Wildman–Crippen LogP) is 3.06. The number of hydrazone groups is 1. The first-order valence-corrected chi connectivity index (χ1v) is 7.31. The number of hydrogen-bond donors (Lipinski definition) is 2.